The fraction of sp³-hybridized carbons (Fsp3) is 0.125. The van der Waals surface area contributed by atoms with E-state index in [9.17, 15) is 4.79 Å². The predicted molar refractivity (Wildman–Crippen MR) is 62.1 cm³/mol. The fourth-order valence-corrected chi connectivity index (χ4v) is 2.77. The predicted octanol–water partition coefficient (Wildman–Crippen LogP) is 2.50. The lowest BCUT2D eigenvalue weighted by atomic mass is 10.1. The molecule has 1 N–H and O–H groups in total. The first kappa shape index (κ1) is 10.9. The summed E-state index contributed by atoms with van der Waals surface area (Å²) in [6, 6.07) is 1.90. The monoisotopic (exact) mass is 349 g/mol. The van der Waals surface area contributed by atoms with Crippen LogP contribution in [0, 0.1) is 11.3 Å². The summed E-state index contributed by atoms with van der Waals surface area (Å²) in [5.41, 5.74) is 0.670. The Labute approximate surface area is 107 Å². The number of rotatable bonds is 0. The zero-order chi connectivity index (χ0) is 11.2. The first-order valence-corrected chi connectivity index (χ1v) is 5.73. The molecular weight excluding hydrogens is 349 g/mol. The van der Waals surface area contributed by atoms with Crippen molar-refractivity contribution >= 4 is 55.2 Å². The molecule has 0 aromatic carbocycles. The summed E-state index contributed by atoms with van der Waals surface area (Å²) in [6.07, 6.45) is 1.32. The number of hydrogen-bond donors (Lipinski definition) is 1. The zero-order valence-electron chi connectivity index (χ0n) is 7.01. The van der Waals surface area contributed by atoms with Gasteiger partial charge in [-0.2, -0.15) is 5.26 Å². The lowest BCUT2D eigenvalue weighted by Gasteiger charge is -2.11. The van der Waals surface area contributed by atoms with E-state index in [1.807, 2.05) is 6.07 Å². The van der Waals surface area contributed by atoms with Gasteiger partial charge in [0, 0.05) is 6.20 Å². The minimum absolute atomic E-state index is 0.217. The van der Waals surface area contributed by atoms with E-state index in [0.29, 0.717) is 11.4 Å². The molecule has 0 fully saturated rings. The van der Waals surface area contributed by atoms with Crippen LogP contribution in [-0.2, 0) is 8.03 Å². The smallest absolute Gasteiger partial charge is 0.258 e. The molecule has 1 aliphatic heterocycles. The fourth-order valence-electron chi connectivity index (χ4n) is 1.25. The number of amides is 1. The molecule has 1 aromatic rings. The van der Waals surface area contributed by atoms with E-state index < -0.39 is 3.23 Å². The van der Waals surface area contributed by atoms with Crippen LogP contribution in [0.25, 0.3) is 0 Å². The van der Waals surface area contributed by atoms with Crippen LogP contribution >= 0.6 is 43.5 Å². The summed E-state index contributed by atoms with van der Waals surface area (Å²) < 4.78 is -1.10. The van der Waals surface area contributed by atoms with Crippen LogP contribution in [0.4, 0.5) is 5.82 Å². The minimum Gasteiger partial charge on any atom is -0.308 e. The van der Waals surface area contributed by atoms with Crippen LogP contribution in [0.2, 0.25) is 5.02 Å². The Morgan fingerprint density at radius 2 is 2.27 bits per heavy atom. The third kappa shape index (κ3) is 1.46. The van der Waals surface area contributed by atoms with Crippen LogP contribution in [0.15, 0.2) is 6.20 Å². The van der Waals surface area contributed by atoms with E-state index in [2.05, 4.69) is 42.2 Å². The summed E-state index contributed by atoms with van der Waals surface area (Å²) >= 11 is 12.4. The molecule has 0 unspecified atom stereocenters. The standard InChI is InChI=1S/C8H2Br2ClN3O/c9-8(10)4-5(11)3(1-12)2-13-6(4)14-7(8)15/h2H,(H,13,14,15). The molecule has 1 amide bonds. The molecule has 15 heavy (non-hydrogen) atoms. The highest BCUT2D eigenvalue weighted by Gasteiger charge is 2.45. The molecule has 2 heterocycles. The molecule has 0 spiro atoms. The number of carbonyl (C=O) groups is 1. The number of nitrogens with zero attached hydrogens (tertiary/aromatic N) is 2. The molecule has 1 aliphatic rings. The number of hydrogen-bond acceptors (Lipinski definition) is 3. The molecule has 0 bridgehead atoms. The van der Waals surface area contributed by atoms with E-state index in [4.69, 9.17) is 16.9 Å². The summed E-state index contributed by atoms with van der Waals surface area (Å²) in [5.74, 6) is 0.0414. The number of fused-ring (bicyclic) bond motifs is 1. The van der Waals surface area contributed by atoms with Crippen LogP contribution in [0.3, 0.4) is 0 Å². The summed E-state index contributed by atoms with van der Waals surface area (Å²) in [5, 5.41) is 11.5. The Morgan fingerprint density at radius 1 is 1.60 bits per heavy atom. The third-order valence-electron chi connectivity index (χ3n) is 1.97. The molecule has 0 aliphatic carbocycles. The molecule has 0 saturated carbocycles. The highest BCUT2D eigenvalue weighted by atomic mass is 79.9. The highest BCUT2D eigenvalue weighted by Crippen LogP contribution is 2.50. The van der Waals surface area contributed by atoms with Crippen LogP contribution in [0.1, 0.15) is 11.1 Å². The van der Waals surface area contributed by atoms with Gasteiger partial charge in [-0.05, 0) is 0 Å². The van der Waals surface area contributed by atoms with Gasteiger partial charge in [-0.1, -0.05) is 43.5 Å². The Kier molecular flexibility index (Phi) is 2.49. The number of nitriles is 1. The second-order valence-electron chi connectivity index (χ2n) is 2.85. The van der Waals surface area contributed by atoms with Gasteiger partial charge >= 0.3 is 0 Å². The van der Waals surface area contributed by atoms with Gasteiger partial charge in [0.25, 0.3) is 5.91 Å². The summed E-state index contributed by atoms with van der Waals surface area (Å²) in [7, 11) is 0. The Hall–Kier alpha value is -0.640. The molecule has 7 heteroatoms. The molecular formula is C8H2Br2ClN3O. The normalized spacial score (nSPS) is 16.8. The topological polar surface area (TPSA) is 65.8 Å². The van der Waals surface area contributed by atoms with Gasteiger partial charge in [-0.3, -0.25) is 4.79 Å². The third-order valence-corrected chi connectivity index (χ3v) is 3.87. The number of alkyl halides is 2. The Balaban J connectivity index is 2.75. The Bertz CT molecular complexity index is 509. The van der Waals surface area contributed by atoms with Crippen molar-refractivity contribution in [3.05, 3.63) is 22.3 Å². The van der Waals surface area contributed by atoms with Crippen molar-refractivity contribution in [1.82, 2.24) is 4.98 Å². The molecule has 76 valence electrons. The lowest BCUT2D eigenvalue weighted by Crippen LogP contribution is -2.20. The largest absolute Gasteiger partial charge is 0.308 e. The van der Waals surface area contributed by atoms with E-state index in [0.717, 1.165) is 0 Å². The quantitative estimate of drug-likeness (QED) is 0.731. The van der Waals surface area contributed by atoms with Crippen molar-refractivity contribution in [1.29, 1.82) is 5.26 Å². The number of carbonyl (C=O) groups excluding carboxylic acids is 1. The maximum Gasteiger partial charge on any atom is 0.258 e. The van der Waals surface area contributed by atoms with Crippen LogP contribution < -0.4 is 5.32 Å². The van der Waals surface area contributed by atoms with Gasteiger partial charge in [-0.15, -0.1) is 0 Å². The number of aromatic nitrogens is 1. The van der Waals surface area contributed by atoms with Crippen molar-refractivity contribution in [2.75, 3.05) is 5.32 Å². The SMILES string of the molecule is N#Cc1cnc2c(c1Cl)C(Br)(Br)C(=O)N2. The van der Waals surface area contributed by atoms with Gasteiger partial charge in [-0.25, -0.2) is 4.98 Å². The highest BCUT2D eigenvalue weighted by molar-refractivity contribution is 9.25. The lowest BCUT2D eigenvalue weighted by molar-refractivity contribution is -0.115. The second kappa shape index (κ2) is 3.44. The summed E-state index contributed by atoms with van der Waals surface area (Å²) in [6.45, 7) is 0. The van der Waals surface area contributed by atoms with E-state index >= 15 is 0 Å². The van der Waals surface area contributed by atoms with Gasteiger partial charge in [0.2, 0.25) is 0 Å². The van der Waals surface area contributed by atoms with Crippen molar-refractivity contribution < 1.29 is 4.79 Å². The zero-order valence-corrected chi connectivity index (χ0v) is 10.9. The van der Waals surface area contributed by atoms with E-state index in [1.54, 1.807) is 0 Å². The molecule has 4 nitrogen and oxygen atoms in total. The first-order valence-electron chi connectivity index (χ1n) is 3.77. The second-order valence-corrected chi connectivity index (χ2v) is 6.67. The van der Waals surface area contributed by atoms with E-state index in [1.165, 1.54) is 6.20 Å². The van der Waals surface area contributed by atoms with Gasteiger partial charge < -0.3 is 5.32 Å². The number of halogens is 3. The van der Waals surface area contributed by atoms with Gasteiger partial charge in [0.05, 0.1) is 16.1 Å². The van der Waals surface area contributed by atoms with Crippen molar-refractivity contribution in [3.63, 3.8) is 0 Å². The maximum absolute atomic E-state index is 11.5. The average molecular weight is 351 g/mol. The maximum atomic E-state index is 11.5. The number of pyridine rings is 1. The molecule has 0 saturated heterocycles. The number of anilines is 1. The van der Waals surface area contributed by atoms with Crippen molar-refractivity contribution in [2.45, 2.75) is 3.23 Å². The first-order chi connectivity index (χ1) is 6.98. The Morgan fingerprint density at radius 3 is 2.87 bits per heavy atom. The molecule has 2 rings (SSSR count). The van der Waals surface area contributed by atoms with Crippen LogP contribution in [0.5, 0.6) is 0 Å². The minimum atomic E-state index is -1.10. The molecule has 0 radical (unpaired) electrons. The van der Waals surface area contributed by atoms with E-state index in [-0.39, 0.29) is 16.5 Å². The van der Waals surface area contributed by atoms with Gasteiger partial charge in [0.15, 0.2) is 3.23 Å². The summed E-state index contributed by atoms with van der Waals surface area (Å²) in [4.78, 5) is 15.5. The van der Waals surface area contributed by atoms with Crippen molar-refractivity contribution in [2.24, 2.45) is 0 Å². The molecule has 1 aromatic heterocycles. The molecule has 0 atom stereocenters. The van der Waals surface area contributed by atoms with Gasteiger partial charge in [0.1, 0.15) is 11.9 Å². The van der Waals surface area contributed by atoms with Crippen LogP contribution in [-0.4, -0.2) is 10.9 Å². The number of nitrogens with one attached hydrogen (secondary N) is 1. The average Bonchev–Trinajstić information content (AvgIpc) is 2.39. The van der Waals surface area contributed by atoms with Crippen molar-refractivity contribution in [3.8, 4) is 6.07 Å².